The van der Waals surface area contributed by atoms with E-state index >= 15 is 0 Å². The molecule has 1 unspecified atom stereocenters. The molecule has 0 bridgehead atoms. The van der Waals surface area contributed by atoms with Gasteiger partial charge in [0.2, 0.25) is 11.8 Å². The number of aromatic nitrogens is 1. The molecule has 25 heavy (non-hydrogen) atoms. The van der Waals surface area contributed by atoms with E-state index in [-0.39, 0.29) is 42.5 Å². The van der Waals surface area contributed by atoms with Crippen LogP contribution in [0.1, 0.15) is 25.7 Å². The lowest BCUT2D eigenvalue weighted by Crippen LogP contribution is -2.43. The van der Waals surface area contributed by atoms with E-state index in [0.29, 0.717) is 18.8 Å². The Bertz CT molecular complexity index is 545. The summed E-state index contributed by atoms with van der Waals surface area (Å²) in [4.78, 5) is 30.5. The van der Waals surface area contributed by atoms with Crippen LogP contribution in [0.25, 0.3) is 0 Å². The molecule has 142 valence electrons. The van der Waals surface area contributed by atoms with Gasteiger partial charge in [-0.25, -0.2) is 4.98 Å². The van der Waals surface area contributed by atoms with Gasteiger partial charge in [-0.15, -0.1) is 24.8 Å². The Morgan fingerprint density at radius 3 is 2.76 bits per heavy atom. The number of carbonyl (C=O) groups is 2. The Morgan fingerprint density at radius 2 is 2.12 bits per heavy atom. The highest BCUT2D eigenvalue weighted by molar-refractivity contribution is 9.10. The van der Waals surface area contributed by atoms with Gasteiger partial charge in [-0.3, -0.25) is 9.59 Å². The average molecular weight is 456 g/mol. The van der Waals surface area contributed by atoms with E-state index in [1.807, 2.05) is 18.0 Å². The molecule has 0 saturated carbocycles. The van der Waals surface area contributed by atoms with Crippen molar-refractivity contribution >= 4 is 58.4 Å². The first-order valence-electron chi connectivity index (χ1n) is 7.95. The minimum Gasteiger partial charge on any atom is -0.342 e. The highest BCUT2D eigenvalue weighted by atomic mass is 79.9. The maximum absolute atomic E-state index is 12.4. The molecule has 1 aromatic rings. The second-order valence-electron chi connectivity index (χ2n) is 5.74. The molecule has 1 atom stereocenters. The quantitative estimate of drug-likeness (QED) is 0.646. The van der Waals surface area contributed by atoms with Gasteiger partial charge in [-0.2, -0.15) is 0 Å². The lowest BCUT2D eigenvalue weighted by Gasteiger charge is -2.32. The molecule has 1 aromatic heterocycles. The number of halogens is 3. The SMILES string of the molecule is CNCCCC(=O)N1CCCC(C(=O)Nc2ccc(Br)cn2)C1.Cl.Cl. The van der Waals surface area contributed by atoms with Crippen LogP contribution in [0.15, 0.2) is 22.8 Å². The number of pyridine rings is 1. The molecular weight excluding hydrogens is 431 g/mol. The van der Waals surface area contributed by atoms with Crippen LogP contribution >= 0.6 is 40.7 Å². The maximum atomic E-state index is 12.4. The summed E-state index contributed by atoms with van der Waals surface area (Å²) in [6.45, 7) is 2.08. The minimum absolute atomic E-state index is 0. The molecule has 0 radical (unpaired) electrons. The third kappa shape index (κ3) is 7.90. The second-order valence-corrected chi connectivity index (χ2v) is 6.65. The molecule has 1 aliphatic heterocycles. The first-order valence-corrected chi connectivity index (χ1v) is 8.74. The molecule has 2 rings (SSSR count). The van der Waals surface area contributed by atoms with Crippen molar-refractivity contribution in [3.8, 4) is 0 Å². The van der Waals surface area contributed by atoms with Gasteiger partial charge < -0.3 is 15.5 Å². The molecular formula is C16H25BrCl2N4O2. The van der Waals surface area contributed by atoms with E-state index in [4.69, 9.17) is 0 Å². The predicted octanol–water partition coefficient (Wildman–Crippen LogP) is 2.86. The number of nitrogens with zero attached hydrogens (tertiary/aromatic N) is 2. The fourth-order valence-electron chi connectivity index (χ4n) is 2.67. The number of piperidine rings is 1. The van der Waals surface area contributed by atoms with Crippen molar-refractivity contribution in [2.24, 2.45) is 5.92 Å². The smallest absolute Gasteiger partial charge is 0.230 e. The van der Waals surface area contributed by atoms with Crippen LogP contribution in [0.3, 0.4) is 0 Å². The molecule has 1 saturated heterocycles. The fourth-order valence-corrected chi connectivity index (χ4v) is 2.90. The normalized spacial score (nSPS) is 16.4. The number of carbonyl (C=O) groups excluding carboxylic acids is 2. The third-order valence-corrected chi connectivity index (χ3v) is 4.41. The van der Waals surface area contributed by atoms with Gasteiger partial charge in [0.1, 0.15) is 5.82 Å². The first-order chi connectivity index (χ1) is 11.1. The molecule has 1 fully saturated rings. The van der Waals surface area contributed by atoms with Crippen molar-refractivity contribution in [1.29, 1.82) is 0 Å². The van der Waals surface area contributed by atoms with Crippen molar-refractivity contribution in [3.63, 3.8) is 0 Å². The van der Waals surface area contributed by atoms with Crippen molar-refractivity contribution in [1.82, 2.24) is 15.2 Å². The van der Waals surface area contributed by atoms with Gasteiger partial charge in [0.25, 0.3) is 0 Å². The number of hydrogen-bond donors (Lipinski definition) is 2. The Kier molecular flexibility index (Phi) is 12.0. The van der Waals surface area contributed by atoms with Crippen LogP contribution in [0.2, 0.25) is 0 Å². The Labute approximate surface area is 169 Å². The van der Waals surface area contributed by atoms with Gasteiger partial charge in [-0.05, 0) is 60.9 Å². The Morgan fingerprint density at radius 1 is 1.36 bits per heavy atom. The van der Waals surface area contributed by atoms with E-state index in [2.05, 4.69) is 31.5 Å². The van der Waals surface area contributed by atoms with E-state index < -0.39 is 0 Å². The Balaban J connectivity index is 0.00000288. The number of likely N-dealkylation sites (tertiary alicyclic amines) is 1. The first kappa shape index (κ1) is 24.1. The largest absolute Gasteiger partial charge is 0.342 e. The zero-order chi connectivity index (χ0) is 16.7. The number of nitrogens with one attached hydrogen (secondary N) is 2. The van der Waals surface area contributed by atoms with Crippen LogP contribution in [0.5, 0.6) is 0 Å². The van der Waals surface area contributed by atoms with Gasteiger partial charge in [0, 0.05) is 30.2 Å². The topological polar surface area (TPSA) is 74.3 Å². The lowest BCUT2D eigenvalue weighted by atomic mass is 9.96. The summed E-state index contributed by atoms with van der Waals surface area (Å²) >= 11 is 3.31. The predicted molar refractivity (Wildman–Crippen MR) is 108 cm³/mol. The monoisotopic (exact) mass is 454 g/mol. The summed E-state index contributed by atoms with van der Waals surface area (Å²) in [6.07, 6.45) is 4.68. The van der Waals surface area contributed by atoms with Crippen LogP contribution in [-0.4, -0.2) is 48.4 Å². The van der Waals surface area contributed by atoms with Gasteiger partial charge >= 0.3 is 0 Å². The van der Waals surface area contributed by atoms with Gasteiger partial charge in [-0.1, -0.05) is 0 Å². The van der Waals surface area contributed by atoms with Crippen molar-refractivity contribution in [2.45, 2.75) is 25.7 Å². The minimum atomic E-state index is -0.164. The van der Waals surface area contributed by atoms with Crippen LogP contribution in [0.4, 0.5) is 5.82 Å². The molecule has 2 amide bonds. The van der Waals surface area contributed by atoms with E-state index in [1.165, 1.54) is 0 Å². The molecule has 6 nitrogen and oxygen atoms in total. The van der Waals surface area contributed by atoms with E-state index in [9.17, 15) is 9.59 Å². The van der Waals surface area contributed by atoms with Gasteiger partial charge in [0.15, 0.2) is 0 Å². The number of hydrogen-bond acceptors (Lipinski definition) is 4. The zero-order valence-corrected chi connectivity index (χ0v) is 17.4. The third-order valence-electron chi connectivity index (χ3n) is 3.94. The van der Waals surface area contributed by atoms with Crippen molar-refractivity contribution in [2.75, 3.05) is 32.0 Å². The fraction of sp³-hybridized carbons (Fsp3) is 0.562. The van der Waals surface area contributed by atoms with Crippen molar-refractivity contribution in [3.05, 3.63) is 22.8 Å². The van der Waals surface area contributed by atoms with E-state index in [0.717, 1.165) is 36.8 Å². The lowest BCUT2D eigenvalue weighted by molar-refractivity contribution is -0.134. The highest BCUT2D eigenvalue weighted by Crippen LogP contribution is 2.19. The summed E-state index contributed by atoms with van der Waals surface area (Å²) in [5.41, 5.74) is 0. The zero-order valence-electron chi connectivity index (χ0n) is 14.2. The molecule has 9 heteroatoms. The molecule has 2 N–H and O–H groups in total. The van der Waals surface area contributed by atoms with Crippen molar-refractivity contribution < 1.29 is 9.59 Å². The number of amides is 2. The van der Waals surface area contributed by atoms with Crippen LogP contribution in [0, 0.1) is 5.92 Å². The number of anilines is 1. The standard InChI is InChI=1S/C16H23BrN4O2.2ClH/c1-18-8-2-5-15(22)21-9-3-4-12(11-21)16(23)20-14-7-6-13(17)10-19-14;;/h6-7,10,12,18H,2-5,8-9,11H2,1H3,(H,19,20,23);2*1H. The second kappa shape index (κ2) is 12.5. The van der Waals surface area contributed by atoms with E-state index in [1.54, 1.807) is 12.3 Å². The maximum Gasteiger partial charge on any atom is 0.230 e. The molecule has 1 aliphatic rings. The molecule has 0 spiro atoms. The molecule has 0 aliphatic carbocycles. The average Bonchev–Trinajstić information content (AvgIpc) is 2.57. The molecule has 0 aromatic carbocycles. The number of rotatable bonds is 6. The summed E-state index contributed by atoms with van der Waals surface area (Å²) in [5, 5.41) is 5.87. The van der Waals surface area contributed by atoms with Gasteiger partial charge in [0.05, 0.1) is 5.92 Å². The van der Waals surface area contributed by atoms with Crippen LogP contribution < -0.4 is 10.6 Å². The summed E-state index contributed by atoms with van der Waals surface area (Å²) in [7, 11) is 1.88. The summed E-state index contributed by atoms with van der Waals surface area (Å²) in [6, 6.07) is 3.59. The summed E-state index contributed by atoms with van der Waals surface area (Å²) in [5.74, 6) is 0.449. The highest BCUT2D eigenvalue weighted by Gasteiger charge is 2.28. The summed E-state index contributed by atoms with van der Waals surface area (Å²) < 4.78 is 0.867. The Hall–Kier alpha value is -0.890. The van der Waals surface area contributed by atoms with Crippen LogP contribution in [-0.2, 0) is 9.59 Å². The molecule has 2 heterocycles.